The first kappa shape index (κ1) is 11.7. The molecule has 0 unspecified atom stereocenters. The minimum Gasteiger partial charge on any atom is -0.490 e. The van der Waals surface area contributed by atoms with Crippen molar-refractivity contribution in [2.75, 3.05) is 6.61 Å². The van der Waals surface area contributed by atoms with Crippen molar-refractivity contribution in [3.8, 4) is 5.75 Å². The van der Waals surface area contributed by atoms with Gasteiger partial charge in [0.2, 0.25) is 5.82 Å². The van der Waals surface area contributed by atoms with E-state index >= 15 is 0 Å². The van der Waals surface area contributed by atoms with E-state index in [1.807, 2.05) is 0 Å². The van der Waals surface area contributed by atoms with E-state index in [-0.39, 0.29) is 6.61 Å². The zero-order valence-electron chi connectivity index (χ0n) is 7.68. The minimum atomic E-state index is -1.43. The van der Waals surface area contributed by atoms with E-state index in [1.54, 1.807) is 0 Å². The number of aromatic carboxylic acids is 1. The number of benzene rings is 1. The van der Waals surface area contributed by atoms with Crippen LogP contribution in [-0.4, -0.2) is 17.7 Å². The fraction of sp³-hybridized carbons (Fsp3) is 0.222. The summed E-state index contributed by atoms with van der Waals surface area (Å²) in [5.74, 6) is -4.77. The number of carbonyl (C=O) groups is 1. The molecule has 15 heavy (non-hydrogen) atoms. The molecule has 0 bridgehead atoms. The topological polar surface area (TPSA) is 46.5 Å². The van der Waals surface area contributed by atoms with Crippen molar-refractivity contribution in [2.45, 2.75) is 6.92 Å². The predicted molar refractivity (Wildman–Crippen MR) is 49.5 cm³/mol. The lowest BCUT2D eigenvalue weighted by atomic mass is 10.2. The second-order valence-corrected chi connectivity index (χ2v) is 3.01. The van der Waals surface area contributed by atoms with Crippen molar-refractivity contribution < 1.29 is 23.4 Å². The average Bonchev–Trinajstić information content (AvgIpc) is 2.18. The standard InChI is InChI=1S/C9H7ClF2O3/c1-2-15-8-4(9(13)14)3-5(10)6(11)7(8)12/h3H,2H2,1H3,(H,13,14). The maximum absolute atomic E-state index is 13.2. The van der Waals surface area contributed by atoms with Gasteiger partial charge in [-0.1, -0.05) is 11.6 Å². The van der Waals surface area contributed by atoms with E-state index in [2.05, 4.69) is 0 Å². The molecule has 0 aliphatic rings. The molecule has 1 aromatic rings. The smallest absolute Gasteiger partial charge is 0.339 e. The van der Waals surface area contributed by atoms with E-state index in [4.69, 9.17) is 21.4 Å². The Hall–Kier alpha value is -1.36. The number of carboxylic acid groups (broad SMARTS) is 1. The molecule has 0 amide bonds. The van der Waals surface area contributed by atoms with Crippen molar-refractivity contribution in [1.29, 1.82) is 0 Å². The molecule has 82 valence electrons. The molecule has 0 fully saturated rings. The number of hydrogen-bond donors (Lipinski definition) is 1. The molecule has 6 heteroatoms. The van der Waals surface area contributed by atoms with Gasteiger partial charge in [0, 0.05) is 0 Å². The van der Waals surface area contributed by atoms with Gasteiger partial charge in [0.15, 0.2) is 11.6 Å². The molecule has 0 saturated heterocycles. The third-order valence-corrected chi connectivity index (χ3v) is 1.91. The Bertz CT molecular complexity index is 407. The zero-order chi connectivity index (χ0) is 11.6. The molecular formula is C9H7ClF2O3. The second-order valence-electron chi connectivity index (χ2n) is 2.60. The molecule has 0 aliphatic heterocycles. The van der Waals surface area contributed by atoms with Crippen LogP contribution in [0.3, 0.4) is 0 Å². The Labute approximate surface area is 89.2 Å². The number of rotatable bonds is 3. The first-order chi connectivity index (χ1) is 6.99. The van der Waals surface area contributed by atoms with Crippen LogP contribution < -0.4 is 4.74 Å². The summed E-state index contributed by atoms with van der Waals surface area (Å²) in [7, 11) is 0. The zero-order valence-corrected chi connectivity index (χ0v) is 8.44. The van der Waals surface area contributed by atoms with Gasteiger partial charge in [-0.3, -0.25) is 0 Å². The van der Waals surface area contributed by atoms with E-state index in [0.717, 1.165) is 6.07 Å². The Balaban J connectivity index is 3.43. The quantitative estimate of drug-likeness (QED) is 0.821. The molecule has 0 heterocycles. The summed E-state index contributed by atoms with van der Waals surface area (Å²) in [4.78, 5) is 10.7. The van der Waals surface area contributed by atoms with Crippen molar-refractivity contribution in [1.82, 2.24) is 0 Å². The van der Waals surface area contributed by atoms with E-state index in [1.165, 1.54) is 6.92 Å². The van der Waals surface area contributed by atoms with Crippen LogP contribution in [0, 0.1) is 11.6 Å². The number of carboxylic acids is 1. The summed E-state index contributed by atoms with van der Waals surface area (Å²) in [5.41, 5.74) is -0.499. The van der Waals surface area contributed by atoms with Crippen LogP contribution in [0.2, 0.25) is 5.02 Å². The van der Waals surface area contributed by atoms with Crippen molar-refractivity contribution in [3.63, 3.8) is 0 Å². The fourth-order valence-corrected chi connectivity index (χ4v) is 1.21. The average molecular weight is 237 g/mol. The molecule has 0 aliphatic carbocycles. The Morgan fingerprint density at radius 2 is 2.13 bits per heavy atom. The molecule has 0 aromatic heterocycles. The van der Waals surface area contributed by atoms with Crippen LogP contribution in [-0.2, 0) is 0 Å². The highest BCUT2D eigenvalue weighted by atomic mass is 35.5. The van der Waals surface area contributed by atoms with Crippen LogP contribution >= 0.6 is 11.6 Å². The number of halogens is 3. The van der Waals surface area contributed by atoms with E-state index < -0.39 is 33.9 Å². The third-order valence-electron chi connectivity index (χ3n) is 1.64. The third kappa shape index (κ3) is 2.18. The monoisotopic (exact) mass is 236 g/mol. The fourth-order valence-electron chi connectivity index (χ4n) is 1.02. The molecule has 3 nitrogen and oxygen atoms in total. The van der Waals surface area contributed by atoms with Gasteiger partial charge >= 0.3 is 5.97 Å². The Morgan fingerprint density at radius 3 is 2.60 bits per heavy atom. The lowest BCUT2D eigenvalue weighted by Gasteiger charge is -2.09. The summed E-state index contributed by atoms with van der Waals surface area (Å²) in [6, 6.07) is 0.813. The van der Waals surface area contributed by atoms with Gasteiger partial charge in [-0.15, -0.1) is 0 Å². The van der Waals surface area contributed by atoms with E-state index in [0.29, 0.717) is 0 Å². The molecule has 1 rings (SSSR count). The van der Waals surface area contributed by atoms with Crippen LogP contribution in [0.1, 0.15) is 17.3 Å². The van der Waals surface area contributed by atoms with Gasteiger partial charge < -0.3 is 9.84 Å². The summed E-state index contributed by atoms with van der Waals surface area (Å²) in [6.07, 6.45) is 0. The van der Waals surface area contributed by atoms with Crippen molar-refractivity contribution in [3.05, 3.63) is 28.3 Å². The summed E-state index contributed by atoms with van der Waals surface area (Å²) >= 11 is 5.30. The molecule has 0 spiro atoms. The van der Waals surface area contributed by atoms with Crippen LogP contribution in [0.5, 0.6) is 5.75 Å². The molecular weight excluding hydrogens is 230 g/mol. The first-order valence-electron chi connectivity index (χ1n) is 4.02. The molecule has 0 atom stereocenters. The minimum absolute atomic E-state index is 0.0261. The molecule has 0 radical (unpaired) electrons. The lowest BCUT2D eigenvalue weighted by Crippen LogP contribution is -2.07. The second kappa shape index (κ2) is 4.44. The highest BCUT2D eigenvalue weighted by Crippen LogP contribution is 2.30. The van der Waals surface area contributed by atoms with Crippen LogP contribution in [0.4, 0.5) is 8.78 Å². The first-order valence-corrected chi connectivity index (χ1v) is 4.40. The number of ether oxygens (including phenoxy) is 1. The normalized spacial score (nSPS) is 10.1. The maximum atomic E-state index is 13.2. The summed E-state index contributed by atoms with van der Waals surface area (Å²) < 4.78 is 30.9. The lowest BCUT2D eigenvalue weighted by molar-refractivity contribution is 0.0691. The molecule has 0 saturated carbocycles. The Morgan fingerprint density at radius 1 is 1.53 bits per heavy atom. The highest BCUT2D eigenvalue weighted by Gasteiger charge is 2.22. The predicted octanol–water partition coefficient (Wildman–Crippen LogP) is 2.72. The summed E-state index contributed by atoms with van der Waals surface area (Å²) in [5, 5.41) is 8.11. The SMILES string of the molecule is CCOc1c(C(=O)O)cc(Cl)c(F)c1F. The molecule has 1 N–H and O–H groups in total. The van der Waals surface area contributed by atoms with Gasteiger partial charge in [-0.2, -0.15) is 4.39 Å². The van der Waals surface area contributed by atoms with Crippen LogP contribution in [0.25, 0.3) is 0 Å². The van der Waals surface area contributed by atoms with Crippen molar-refractivity contribution in [2.24, 2.45) is 0 Å². The van der Waals surface area contributed by atoms with Gasteiger partial charge in [-0.05, 0) is 13.0 Å². The van der Waals surface area contributed by atoms with Crippen molar-refractivity contribution >= 4 is 17.6 Å². The summed E-state index contributed by atoms with van der Waals surface area (Å²) in [6.45, 7) is 1.55. The molecule has 1 aromatic carbocycles. The number of hydrogen-bond acceptors (Lipinski definition) is 2. The van der Waals surface area contributed by atoms with Gasteiger partial charge in [0.05, 0.1) is 11.6 Å². The Kier molecular flexibility index (Phi) is 3.47. The largest absolute Gasteiger partial charge is 0.490 e. The van der Waals surface area contributed by atoms with Crippen LogP contribution in [0.15, 0.2) is 6.07 Å². The van der Waals surface area contributed by atoms with Gasteiger partial charge in [0.1, 0.15) is 5.56 Å². The van der Waals surface area contributed by atoms with E-state index in [9.17, 15) is 13.6 Å². The van der Waals surface area contributed by atoms with Gasteiger partial charge in [0.25, 0.3) is 0 Å². The maximum Gasteiger partial charge on any atom is 0.339 e. The van der Waals surface area contributed by atoms with Gasteiger partial charge in [-0.25, -0.2) is 9.18 Å². The highest BCUT2D eigenvalue weighted by molar-refractivity contribution is 6.31.